The van der Waals surface area contributed by atoms with Crippen LogP contribution in [0.15, 0.2) is 18.3 Å². The van der Waals surface area contributed by atoms with Crippen molar-refractivity contribution in [2.75, 3.05) is 20.3 Å². The summed E-state index contributed by atoms with van der Waals surface area (Å²) in [7, 11) is 3.57. The van der Waals surface area contributed by atoms with E-state index in [0.717, 1.165) is 13.0 Å². The number of carbonyl (C=O) groups excluding carboxylic acids is 1. The average molecular weight is 264 g/mol. The van der Waals surface area contributed by atoms with Gasteiger partial charge >= 0.3 is 0 Å². The lowest BCUT2D eigenvalue weighted by molar-refractivity contribution is -0.0810. The van der Waals surface area contributed by atoms with Gasteiger partial charge in [-0.1, -0.05) is 0 Å². The molecule has 1 saturated carbocycles. The molecule has 0 bridgehead atoms. The summed E-state index contributed by atoms with van der Waals surface area (Å²) in [4.78, 5) is 12.3. The van der Waals surface area contributed by atoms with Gasteiger partial charge < -0.3 is 19.4 Å². The summed E-state index contributed by atoms with van der Waals surface area (Å²) in [6.07, 6.45) is 3.17. The zero-order valence-corrected chi connectivity index (χ0v) is 11.3. The van der Waals surface area contributed by atoms with Crippen LogP contribution in [-0.2, 0) is 16.5 Å². The zero-order valence-electron chi connectivity index (χ0n) is 11.3. The monoisotopic (exact) mass is 264 g/mol. The average Bonchev–Trinajstić information content (AvgIpc) is 2.99. The third-order valence-electron chi connectivity index (χ3n) is 4.36. The lowest BCUT2D eigenvalue weighted by Gasteiger charge is -2.47. The molecule has 1 N–H and O–H groups in total. The van der Waals surface area contributed by atoms with Gasteiger partial charge in [-0.05, 0) is 18.6 Å². The first-order valence-corrected chi connectivity index (χ1v) is 6.75. The number of aryl methyl sites for hydroxylation is 1. The number of hydrogen-bond donors (Lipinski definition) is 1. The van der Waals surface area contributed by atoms with E-state index in [4.69, 9.17) is 9.47 Å². The molecule has 2 aliphatic rings. The summed E-state index contributed by atoms with van der Waals surface area (Å²) in [6, 6.07) is 3.89. The van der Waals surface area contributed by atoms with Crippen LogP contribution in [0, 0.1) is 11.8 Å². The smallest absolute Gasteiger partial charge is 0.268 e. The fourth-order valence-corrected chi connectivity index (χ4v) is 3.36. The molecule has 5 heteroatoms. The van der Waals surface area contributed by atoms with E-state index in [1.807, 2.05) is 29.9 Å². The van der Waals surface area contributed by atoms with Gasteiger partial charge in [0.1, 0.15) is 5.69 Å². The highest BCUT2D eigenvalue weighted by Crippen LogP contribution is 2.43. The molecule has 1 aromatic heterocycles. The minimum atomic E-state index is -0.0102. The fraction of sp³-hybridized carbons (Fsp3) is 0.643. The van der Waals surface area contributed by atoms with Gasteiger partial charge in [0, 0.05) is 44.8 Å². The molecule has 3 rings (SSSR count). The number of fused-ring (bicyclic) bond motifs is 1. The van der Waals surface area contributed by atoms with Crippen molar-refractivity contribution in [3.05, 3.63) is 24.0 Å². The van der Waals surface area contributed by atoms with Gasteiger partial charge in [-0.15, -0.1) is 0 Å². The van der Waals surface area contributed by atoms with E-state index in [2.05, 4.69) is 5.32 Å². The first-order chi connectivity index (χ1) is 9.22. The van der Waals surface area contributed by atoms with E-state index < -0.39 is 0 Å². The third kappa shape index (κ3) is 2.07. The highest BCUT2D eigenvalue weighted by molar-refractivity contribution is 5.93. The van der Waals surface area contributed by atoms with Crippen molar-refractivity contribution < 1.29 is 14.3 Å². The molecule has 0 radical (unpaired) electrons. The SMILES string of the molecule is COC[C@H]1[C@@H](NC(=O)c2cccn2C)[C@@H]2CCO[C@@H]21. The van der Waals surface area contributed by atoms with Crippen LogP contribution in [-0.4, -0.2) is 42.9 Å². The largest absolute Gasteiger partial charge is 0.384 e. The summed E-state index contributed by atoms with van der Waals surface area (Å²) < 4.78 is 12.8. The van der Waals surface area contributed by atoms with Crippen molar-refractivity contribution in [2.24, 2.45) is 18.9 Å². The van der Waals surface area contributed by atoms with E-state index in [9.17, 15) is 4.79 Å². The van der Waals surface area contributed by atoms with E-state index in [1.54, 1.807) is 7.11 Å². The maximum Gasteiger partial charge on any atom is 0.268 e. The standard InChI is InChI=1S/C14H20N2O3/c1-16-6-3-4-11(16)14(17)15-12-9-5-7-19-13(9)10(12)8-18-2/h3-4,6,9-10,12-13H,5,7-8H2,1-2H3,(H,15,17)/t9-,10-,12-,13-/m0/s1. The molecule has 2 heterocycles. The Balaban J connectivity index is 1.68. The molecule has 19 heavy (non-hydrogen) atoms. The molecule has 2 fully saturated rings. The van der Waals surface area contributed by atoms with Crippen molar-refractivity contribution in [3.8, 4) is 0 Å². The van der Waals surface area contributed by atoms with Crippen molar-refractivity contribution in [2.45, 2.75) is 18.6 Å². The van der Waals surface area contributed by atoms with Gasteiger partial charge in [-0.2, -0.15) is 0 Å². The van der Waals surface area contributed by atoms with Crippen molar-refractivity contribution in [1.29, 1.82) is 0 Å². The molecule has 5 nitrogen and oxygen atoms in total. The maximum atomic E-state index is 12.3. The van der Waals surface area contributed by atoms with Crippen LogP contribution in [0.4, 0.5) is 0 Å². The number of amides is 1. The number of aromatic nitrogens is 1. The predicted octanol–water partition coefficient (Wildman–Crippen LogP) is 0.805. The number of hydrogen-bond acceptors (Lipinski definition) is 3. The Hall–Kier alpha value is -1.33. The Morgan fingerprint density at radius 1 is 1.63 bits per heavy atom. The first-order valence-electron chi connectivity index (χ1n) is 6.75. The normalized spacial score (nSPS) is 32.7. The summed E-state index contributed by atoms with van der Waals surface area (Å²) in [5.41, 5.74) is 0.693. The highest BCUT2D eigenvalue weighted by atomic mass is 16.5. The zero-order chi connectivity index (χ0) is 13.4. The summed E-state index contributed by atoms with van der Waals surface area (Å²) in [6.45, 7) is 1.44. The summed E-state index contributed by atoms with van der Waals surface area (Å²) >= 11 is 0. The van der Waals surface area contributed by atoms with Gasteiger partial charge in [0.05, 0.1) is 12.7 Å². The Kier molecular flexibility index (Phi) is 3.33. The molecule has 0 aromatic carbocycles. The Bertz CT molecular complexity index is 471. The molecule has 0 unspecified atom stereocenters. The molecular formula is C14H20N2O3. The number of carbonyl (C=O) groups is 1. The number of nitrogens with one attached hydrogen (secondary N) is 1. The Morgan fingerprint density at radius 2 is 2.47 bits per heavy atom. The van der Waals surface area contributed by atoms with Gasteiger partial charge in [-0.25, -0.2) is 0 Å². The van der Waals surface area contributed by atoms with Gasteiger partial charge in [0.2, 0.25) is 0 Å². The Labute approximate surface area is 112 Å². The van der Waals surface area contributed by atoms with Gasteiger partial charge in [0.25, 0.3) is 5.91 Å². The summed E-state index contributed by atoms with van der Waals surface area (Å²) in [5, 5.41) is 3.15. The van der Waals surface area contributed by atoms with Crippen LogP contribution in [0.2, 0.25) is 0 Å². The minimum absolute atomic E-state index is 0.0102. The number of ether oxygens (including phenoxy) is 2. The predicted molar refractivity (Wildman–Crippen MR) is 69.9 cm³/mol. The fourth-order valence-electron chi connectivity index (χ4n) is 3.36. The quantitative estimate of drug-likeness (QED) is 0.875. The number of nitrogens with zero attached hydrogens (tertiary/aromatic N) is 1. The molecular weight excluding hydrogens is 244 g/mol. The number of methoxy groups -OCH3 is 1. The van der Waals surface area contributed by atoms with E-state index in [-0.39, 0.29) is 24.0 Å². The Morgan fingerprint density at radius 3 is 3.16 bits per heavy atom. The first kappa shape index (κ1) is 12.7. The van der Waals surface area contributed by atoms with Crippen LogP contribution in [0.3, 0.4) is 0 Å². The molecule has 1 aromatic rings. The molecule has 0 spiro atoms. The molecule has 4 atom stereocenters. The molecule has 1 saturated heterocycles. The topological polar surface area (TPSA) is 52.5 Å². The second-order valence-electron chi connectivity index (χ2n) is 5.41. The van der Waals surface area contributed by atoms with Crippen LogP contribution >= 0.6 is 0 Å². The molecule has 1 amide bonds. The van der Waals surface area contributed by atoms with Gasteiger partial charge in [0.15, 0.2) is 0 Å². The van der Waals surface area contributed by atoms with Crippen LogP contribution in [0.5, 0.6) is 0 Å². The van der Waals surface area contributed by atoms with E-state index in [1.165, 1.54) is 0 Å². The highest BCUT2D eigenvalue weighted by Gasteiger charge is 2.54. The molecule has 1 aliphatic heterocycles. The molecule has 104 valence electrons. The van der Waals surface area contributed by atoms with Crippen molar-refractivity contribution in [1.82, 2.24) is 9.88 Å². The second-order valence-corrected chi connectivity index (χ2v) is 5.41. The van der Waals surface area contributed by atoms with Crippen LogP contribution in [0.25, 0.3) is 0 Å². The molecule has 1 aliphatic carbocycles. The third-order valence-corrected chi connectivity index (χ3v) is 4.36. The van der Waals surface area contributed by atoms with Crippen molar-refractivity contribution >= 4 is 5.91 Å². The van der Waals surface area contributed by atoms with E-state index in [0.29, 0.717) is 18.2 Å². The van der Waals surface area contributed by atoms with Gasteiger partial charge in [-0.3, -0.25) is 4.79 Å². The van der Waals surface area contributed by atoms with Crippen LogP contribution in [0.1, 0.15) is 16.9 Å². The van der Waals surface area contributed by atoms with Crippen molar-refractivity contribution in [3.63, 3.8) is 0 Å². The lowest BCUT2D eigenvalue weighted by Crippen LogP contribution is -2.62. The maximum absolute atomic E-state index is 12.3. The summed E-state index contributed by atoms with van der Waals surface area (Å²) in [5.74, 6) is 0.718. The van der Waals surface area contributed by atoms with Crippen LogP contribution < -0.4 is 5.32 Å². The lowest BCUT2D eigenvalue weighted by atomic mass is 9.67. The number of rotatable bonds is 4. The van der Waals surface area contributed by atoms with E-state index >= 15 is 0 Å². The second kappa shape index (κ2) is 4.98. The minimum Gasteiger partial charge on any atom is -0.384 e.